The lowest BCUT2D eigenvalue weighted by Gasteiger charge is -2.27. The van der Waals surface area contributed by atoms with Crippen LogP contribution in [0, 0.1) is 17.6 Å². The number of benzene rings is 1. The van der Waals surface area contributed by atoms with Crippen molar-refractivity contribution in [1.29, 1.82) is 0 Å². The topological polar surface area (TPSA) is 9.23 Å². The quantitative estimate of drug-likeness (QED) is 0.642. The van der Waals surface area contributed by atoms with E-state index < -0.39 is 11.6 Å². The van der Waals surface area contributed by atoms with Gasteiger partial charge in [-0.3, -0.25) is 0 Å². The molecule has 0 heterocycles. The lowest BCUT2D eigenvalue weighted by Crippen LogP contribution is -2.13. The Hall–Kier alpha value is -1.38. The van der Waals surface area contributed by atoms with Crippen molar-refractivity contribution in [1.82, 2.24) is 0 Å². The molecular weight excluding hydrogens is 270 g/mol. The number of methoxy groups -OCH3 is 1. The van der Waals surface area contributed by atoms with Gasteiger partial charge in [-0.2, -0.15) is 4.39 Å². The zero-order valence-electron chi connectivity index (χ0n) is 12.9. The highest BCUT2D eigenvalue weighted by Gasteiger charge is 2.25. The van der Waals surface area contributed by atoms with Crippen molar-refractivity contribution in [2.75, 3.05) is 7.11 Å². The van der Waals surface area contributed by atoms with E-state index in [1.165, 1.54) is 19.6 Å². The van der Waals surface area contributed by atoms with Gasteiger partial charge in [0.1, 0.15) is 0 Å². The average Bonchev–Trinajstić information content (AvgIpc) is 2.51. The van der Waals surface area contributed by atoms with Gasteiger partial charge in [0, 0.05) is 0 Å². The molecule has 0 N–H and O–H groups in total. The number of unbranched alkanes of at least 4 members (excludes halogenated alkanes) is 1. The summed E-state index contributed by atoms with van der Waals surface area (Å²) in [4.78, 5) is 0. The van der Waals surface area contributed by atoms with Gasteiger partial charge in [-0.15, -0.1) is 0 Å². The minimum Gasteiger partial charge on any atom is -0.494 e. The maximum Gasteiger partial charge on any atom is 0.200 e. The Bertz CT molecular complexity index is 488. The molecule has 116 valence electrons. The monoisotopic (exact) mass is 294 g/mol. The van der Waals surface area contributed by atoms with Crippen LogP contribution < -0.4 is 4.74 Å². The molecule has 0 radical (unpaired) electrons. The van der Waals surface area contributed by atoms with Crippen LogP contribution in [0.25, 0.3) is 0 Å². The fraction of sp³-hybridized carbons (Fsp3) is 0.556. The van der Waals surface area contributed by atoms with Crippen LogP contribution >= 0.6 is 0 Å². The predicted octanol–water partition coefficient (Wildman–Crippen LogP) is 5.60. The summed E-state index contributed by atoms with van der Waals surface area (Å²) >= 11 is 0. The standard InChI is InChI=1S/C18H24F2O/c1-3-4-5-6-13-7-9-14(10-8-13)15-11-12-16(21-2)18(20)17(15)19/h5-6,11-14H,3-4,7-10H2,1-2H3. The molecule has 1 aromatic rings. The van der Waals surface area contributed by atoms with E-state index in [4.69, 9.17) is 4.74 Å². The molecule has 0 aliphatic heterocycles. The zero-order chi connectivity index (χ0) is 15.2. The van der Waals surface area contributed by atoms with Gasteiger partial charge < -0.3 is 4.74 Å². The summed E-state index contributed by atoms with van der Waals surface area (Å²) < 4.78 is 32.7. The van der Waals surface area contributed by atoms with Gasteiger partial charge >= 0.3 is 0 Å². The van der Waals surface area contributed by atoms with Crippen LogP contribution in [-0.2, 0) is 0 Å². The van der Waals surface area contributed by atoms with E-state index >= 15 is 0 Å². The molecule has 2 rings (SSSR count). The molecule has 1 aliphatic carbocycles. The van der Waals surface area contributed by atoms with Crippen LogP contribution in [0.5, 0.6) is 5.75 Å². The third-order valence-corrected chi connectivity index (χ3v) is 4.37. The Morgan fingerprint density at radius 1 is 1.14 bits per heavy atom. The van der Waals surface area contributed by atoms with Crippen molar-refractivity contribution in [2.24, 2.45) is 5.92 Å². The first-order valence-electron chi connectivity index (χ1n) is 7.85. The van der Waals surface area contributed by atoms with E-state index in [2.05, 4.69) is 19.1 Å². The van der Waals surface area contributed by atoms with Crippen LogP contribution in [0.15, 0.2) is 24.3 Å². The Morgan fingerprint density at radius 3 is 2.48 bits per heavy atom. The molecule has 0 spiro atoms. The first kappa shape index (κ1) is 16.0. The van der Waals surface area contributed by atoms with Crippen molar-refractivity contribution in [3.63, 3.8) is 0 Å². The molecule has 3 heteroatoms. The van der Waals surface area contributed by atoms with Gasteiger partial charge in [-0.1, -0.05) is 31.6 Å². The second kappa shape index (κ2) is 7.58. The lowest BCUT2D eigenvalue weighted by atomic mass is 9.78. The van der Waals surface area contributed by atoms with Gasteiger partial charge in [-0.25, -0.2) is 4.39 Å². The predicted molar refractivity (Wildman–Crippen MR) is 81.7 cm³/mol. The van der Waals surface area contributed by atoms with Crippen molar-refractivity contribution < 1.29 is 13.5 Å². The van der Waals surface area contributed by atoms with Crippen LogP contribution in [0.2, 0.25) is 0 Å². The maximum absolute atomic E-state index is 14.1. The molecule has 21 heavy (non-hydrogen) atoms. The Balaban J connectivity index is 2.01. The van der Waals surface area contributed by atoms with Gasteiger partial charge in [-0.05, 0) is 55.6 Å². The van der Waals surface area contributed by atoms with Crippen molar-refractivity contribution in [3.05, 3.63) is 41.5 Å². The molecule has 0 saturated heterocycles. The first-order chi connectivity index (χ1) is 10.2. The molecule has 1 aliphatic rings. The Morgan fingerprint density at radius 2 is 1.86 bits per heavy atom. The first-order valence-corrected chi connectivity index (χ1v) is 7.85. The SMILES string of the molecule is CCCC=CC1CCC(c2ccc(OC)c(F)c2F)CC1. The zero-order valence-corrected chi connectivity index (χ0v) is 12.9. The average molecular weight is 294 g/mol. The van der Waals surface area contributed by atoms with E-state index in [1.807, 2.05) is 0 Å². The highest BCUT2D eigenvalue weighted by atomic mass is 19.2. The second-order valence-corrected chi connectivity index (χ2v) is 5.81. The van der Waals surface area contributed by atoms with E-state index in [0.717, 1.165) is 32.1 Å². The number of hydrogen-bond donors (Lipinski definition) is 0. The maximum atomic E-state index is 14.1. The lowest BCUT2D eigenvalue weighted by molar-refractivity contribution is 0.349. The summed E-state index contributed by atoms with van der Waals surface area (Å²) in [6.45, 7) is 2.17. The summed E-state index contributed by atoms with van der Waals surface area (Å²) in [6, 6.07) is 3.20. The third-order valence-electron chi connectivity index (χ3n) is 4.37. The van der Waals surface area contributed by atoms with Gasteiger partial charge in [0.2, 0.25) is 5.82 Å². The Kier molecular flexibility index (Phi) is 5.77. The minimum absolute atomic E-state index is 0.0209. The fourth-order valence-electron chi connectivity index (χ4n) is 3.10. The summed E-state index contributed by atoms with van der Waals surface area (Å²) in [5.41, 5.74) is 0.504. The molecule has 1 fully saturated rings. The molecule has 0 amide bonds. The summed E-state index contributed by atoms with van der Waals surface area (Å²) in [5, 5.41) is 0. The number of allylic oxidation sites excluding steroid dienone is 2. The van der Waals surface area contributed by atoms with E-state index in [1.54, 1.807) is 6.07 Å². The molecule has 0 aromatic heterocycles. The Labute approximate surface area is 126 Å². The largest absolute Gasteiger partial charge is 0.494 e. The number of hydrogen-bond acceptors (Lipinski definition) is 1. The van der Waals surface area contributed by atoms with Crippen LogP contribution in [-0.4, -0.2) is 7.11 Å². The molecule has 1 nitrogen and oxygen atoms in total. The van der Waals surface area contributed by atoms with Crippen molar-refractivity contribution in [3.8, 4) is 5.75 Å². The fourth-order valence-corrected chi connectivity index (χ4v) is 3.10. The van der Waals surface area contributed by atoms with E-state index in [9.17, 15) is 8.78 Å². The third kappa shape index (κ3) is 3.84. The van der Waals surface area contributed by atoms with E-state index in [0.29, 0.717) is 11.5 Å². The molecule has 1 saturated carbocycles. The second-order valence-electron chi connectivity index (χ2n) is 5.81. The molecule has 0 atom stereocenters. The van der Waals surface area contributed by atoms with Gasteiger partial charge in [0.15, 0.2) is 11.6 Å². The molecule has 0 bridgehead atoms. The number of ether oxygens (including phenoxy) is 1. The van der Waals surface area contributed by atoms with Gasteiger partial charge in [0.25, 0.3) is 0 Å². The highest BCUT2D eigenvalue weighted by Crippen LogP contribution is 2.38. The number of rotatable bonds is 5. The van der Waals surface area contributed by atoms with Crippen LogP contribution in [0.4, 0.5) is 8.78 Å². The van der Waals surface area contributed by atoms with Crippen LogP contribution in [0.1, 0.15) is 56.9 Å². The van der Waals surface area contributed by atoms with Gasteiger partial charge in [0.05, 0.1) is 7.11 Å². The molecule has 0 unspecified atom stereocenters. The molecular formula is C18H24F2O. The van der Waals surface area contributed by atoms with Crippen LogP contribution in [0.3, 0.4) is 0 Å². The van der Waals surface area contributed by atoms with E-state index in [-0.39, 0.29) is 11.7 Å². The summed E-state index contributed by atoms with van der Waals surface area (Å²) in [7, 11) is 1.35. The summed E-state index contributed by atoms with van der Waals surface area (Å²) in [6.07, 6.45) is 10.8. The minimum atomic E-state index is -0.861. The number of halogens is 2. The van der Waals surface area contributed by atoms with Crippen molar-refractivity contribution in [2.45, 2.75) is 51.4 Å². The normalized spacial score (nSPS) is 22.7. The molecule has 1 aromatic carbocycles. The van der Waals surface area contributed by atoms with Crippen molar-refractivity contribution >= 4 is 0 Å². The smallest absolute Gasteiger partial charge is 0.200 e. The summed E-state index contributed by atoms with van der Waals surface area (Å²) in [5.74, 6) is -0.896. The highest BCUT2D eigenvalue weighted by molar-refractivity contribution is 5.33.